The van der Waals surface area contributed by atoms with E-state index in [0.717, 1.165) is 5.56 Å². The highest BCUT2D eigenvalue weighted by molar-refractivity contribution is 7.17. The zero-order valence-corrected chi connectivity index (χ0v) is 14.3. The molecule has 0 saturated heterocycles. The van der Waals surface area contributed by atoms with Crippen molar-refractivity contribution in [1.29, 1.82) is 0 Å². The van der Waals surface area contributed by atoms with Crippen molar-refractivity contribution in [3.63, 3.8) is 0 Å². The summed E-state index contributed by atoms with van der Waals surface area (Å²) in [6.07, 6.45) is 1.51. The summed E-state index contributed by atoms with van der Waals surface area (Å²) in [7, 11) is 0. The predicted molar refractivity (Wildman–Crippen MR) is 93.4 cm³/mol. The number of amides is 2. The Balaban J connectivity index is 1.94. The molecule has 1 heterocycles. The van der Waals surface area contributed by atoms with E-state index < -0.39 is 0 Å². The number of halogens is 1. The highest BCUT2D eigenvalue weighted by Crippen LogP contribution is 2.27. The highest BCUT2D eigenvalue weighted by Gasteiger charge is 2.13. The van der Waals surface area contributed by atoms with Crippen LogP contribution in [0.1, 0.15) is 22.2 Å². The molecule has 0 spiro atoms. The molecule has 0 saturated carbocycles. The topological polar surface area (TPSA) is 83.1 Å². The first kappa shape index (κ1) is 17.2. The van der Waals surface area contributed by atoms with Gasteiger partial charge in [-0.3, -0.25) is 9.59 Å². The number of hydrogen-bond acceptors (Lipinski definition) is 5. The van der Waals surface area contributed by atoms with Crippen LogP contribution in [0.5, 0.6) is 0 Å². The van der Waals surface area contributed by atoms with Crippen molar-refractivity contribution in [3.05, 3.63) is 39.9 Å². The Labute approximate surface area is 143 Å². The van der Waals surface area contributed by atoms with Gasteiger partial charge in [-0.15, -0.1) is 0 Å². The number of carbonyl (C=O) groups excluding carboxylic acids is 2. The fraction of sp³-hybridized carbons (Fsp3) is 0.267. The van der Waals surface area contributed by atoms with Gasteiger partial charge in [-0.1, -0.05) is 35.1 Å². The number of nitrogens with zero attached hydrogens (tertiary/aromatic N) is 1. The number of carbonyl (C=O) groups is 2. The minimum Gasteiger partial charge on any atom is -0.360 e. The van der Waals surface area contributed by atoms with Crippen molar-refractivity contribution in [3.8, 4) is 0 Å². The maximum absolute atomic E-state index is 12.3. The molecule has 23 heavy (non-hydrogen) atoms. The van der Waals surface area contributed by atoms with Crippen LogP contribution in [0.25, 0.3) is 0 Å². The number of benzene rings is 1. The van der Waals surface area contributed by atoms with Gasteiger partial charge in [0.1, 0.15) is 4.88 Å². The van der Waals surface area contributed by atoms with E-state index in [1.54, 1.807) is 6.07 Å². The van der Waals surface area contributed by atoms with E-state index in [1.807, 2.05) is 19.1 Å². The summed E-state index contributed by atoms with van der Waals surface area (Å²) in [5.41, 5.74) is 1.50. The Morgan fingerprint density at radius 2 is 2.09 bits per heavy atom. The number of rotatable bonds is 6. The van der Waals surface area contributed by atoms with Gasteiger partial charge in [0.15, 0.2) is 5.13 Å². The molecule has 0 unspecified atom stereocenters. The number of aromatic nitrogens is 1. The molecule has 0 aliphatic rings. The first-order valence-electron chi connectivity index (χ1n) is 6.98. The van der Waals surface area contributed by atoms with Crippen molar-refractivity contribution in [1.82, 2.24) is 10.3 Å². The van der Waals surface area contributed by atoms with Crippen LogP contribution in [0.15, 0.2) is 24.4 Å². The molecule has 122 valence electrons. The number of anilines is 2. The molecule has 2 rings (SSSR count). The fourth-order valence-corrected chi connectivity index (χ4v) is 2.84. The third kappa shape index (κ3) is 4.94. The maximum atomic E-state index is 12.3. The fourth-order valence-electron chi connectivity index (χ4n) is 1.83. The Bertz CT molecular complexity index is 697. The molecular formula is C15H17ClN4O2S. The van der Waals surface area contributed by atoms with E-state index >= 15 is 0 Å². The van der Waals surface area contributed by atoms with Crippen LogP contribution in [-0.4, -0.2) is 29.9 Å². The lowest BCUT2D eigenvalue weighted by Crippen LogP contribution is -2.26. The van der Waals surface area contributed by atoms with Gasteiger partial charge in [-0.2, -0.15) is 0 Å². The normalized spacial score (nSPS) is 10.2. The number of thiazole rings is 1. The van der Waals surface area contributed by atoms with Crippen LogP contribution in [0, 0.1) is 6.92 Å². The molecule has 0 aliphatic heterocycles. The number of aryl methyl sites for hydroxylation is 1. The smallest absolute Gasteiger partial charge is 0.267 e. The lowest BCUT2D eigenvalue weighted by Gasteiger charge is -2.08. The summed E-state index contributed by atoms with van der Waals surface area (Å²) < 4.78 is 0. The van der Waals surface area contributed by atoms with Crippen molar-refractivity contribution >= 4 is 45.6 Å². The lowest BCUT2D eigenvalue weighted by molar-refractivity contribution is -0.118. The Morgan fingerprint density at radius 3 is 2.78 bits per heavy atom. The molecule has 0 bridgehead atoms. The summed E-state index contributed by atoms with van der Waals surface area (Å²) in [4.78, 5) is 27.6. The number of nitrogens with one attached hydrogen (secondary N) is 3. The Hall–Kier alpha value is -2.12. The predicted octanol–water partition coefficient (Wildman–Crippen LogP) is 2.91. The van der Waals surface area contributed by atoms with Crippen molar-refractivity contribution in [2.24, 2.45) is 0 Å². The van der Waals surface area contributed by atoms with Crippen molar-refractivity contribution in [2.45, 2.75) is 13.8 Å². The summed E-state index contributed by atoms with van der Waals surface area (Å²) in [5.74, 6) is -0.338. The molecule has 0 atom stereocenters. The molecule has 3 N–H and O–H groups in total. The summed E-state index contributed by atoms with van der Waals surface area (Å²) in [6, 6.07) is 5.44. The van der Waals surface area contributed by atoms with Gasteiger partial charge < -0.3 is 16.0 Å². The van der Waals surface area contributed by atoms with E-state index in [4.69, 9.17) is 11.6 Å². The van der Waals surface area contributed by atoms with Crippen molar-refractivity contribution in [2.75, 3.05) is 23.7 Å². The van der Waals surface area contributed by atoms with Crippen molar-refractivity contribution < 1.29 is 9.59 Å². The molecule has 8 heteroatoms. The third-order valence-corrected chi connectivity index (χ3v) is 4.23. The second-order valence-corrected chi connectivity index (χ2v) is 6.26. The van der Waals surface area contributed by atoms with Gasteiger partial charge in [-0.25, -0.2) is 4.98 Å². The summed E-state index contributed by atoms with van der Waals surface area (Å²) in [5, 5.41) is 9.64. The maximum Gasteiger partial charge on any atom is 0.267 e. The number of hydrogen-bond donors (Lipinski definition) is 3. The minimum absolute atomic E-state index is 0.0823. The molecule has 0 aliphatic carbocycles. The summed E-state index contributed by atoms with van der Waals surface area (Å²) in [6.45, 7) is 4.37. The molecule has 2 aromatic rings. The van der Waals surface area contributed by atoms with E-state index in [0.29, 0.717) is 33.8 Å². The Morgan fingerprint density at radius 1 is 1.30 bits per heavy atom. The molecular weight excluding hydrogens is 336 g/mol. The first-order valence-corrected chi connectivity index (χ1v) is 8.17. The second-order valence-electron chi connectivity index (χ2n) is 4.83. The second kappa shape index (κ2) is 7.94. The molecule has 1 aromatic heterocycles. The van der Waals surface area contributed by atoms with E-state index in [-0.39, 0.29) is 11.8 Å². The van der Waals surface area contributed by atoms with Crippen LogP contribution in [0.4, 0.5) is 10.8 Å². The van der Waals surface area contributed by atoms with Crippen LogP contribution >= 0.6 is 22.9 Å². The van der Waals surface area contributed by atoms with Crippen LogP contribution < -0.4 is 16.0 Å². The van der Waals surface area contributed by atoms with E-state index in [9.17, 15) is 9.59 Å². The van der Waals surface area contributed by atoms with Crippen LogP contribution in [0.3, 0.4) is 0 Å². The third-order valence-electron chi connectivity index (χ3n) is 2.97. The van der Waals surface area contributed by atoms with E-state index in [1.165, 1.54) is 24.5 Å². The van der Waals surface area contributed by atoms with Gasteiger partial charge in [0.05, 0.1) is 16.9 Å². The molecule has 0 fully saturated rings. The minimum atomic E-state index is -0.256. The molecule has 0 radical (unpaired) electrons. The SMILES string of the molecule is CC(=O)NCCNc1ncc(C(=O)Nc2c(C)cccc2Cl)s1. The first-order chi connectivity index (χ1) is 11.0. The zero-order valence-electron chi connectivity index (χ0n) is 12.8. The Kier molecular flexibility index (Phi) is 5.95. The van der Waals surface area contributed by atoms with Gasteiger partial charge in [0, 0.05) is 20.0 Å². The van der Waals surface area contributed by atoms with Crippen LogP contribution in [0.2, 0.25) is 5.02 Å². The summed E-state index contributed by atoms with van der Waals surface area (Å²) >= 11 is 7.34. The van der Waals surface area contributed by atoms with Gasteiger partial charge in [0.25, 0.3) is 5.91 Å². The molecule has 2 amide bonds. The van der Waals surface area contributed by atoms with Crippen LogP contribution in [-0.2, 0) is 4.79 Å². The molecule has 1 aromatic carbocycles. The van der Waals surface area contributed by atoms with Gasteiger partial charge in [-0.05, 0) is 18.6 Å². The van der Waals surface area contributed by atoms with Gasteiger partial charge in [0.2, 0.25) is 5.91 Å². The largest absolute Gasteiger partial charge is 0.360 e. The monoisotopic (exact) mass is 352 g/mol. The average Bonchev–Trinajstić information content (AvgIpc) is 2.96. The molecule has 6 nitrogen and oxygen atoms in total. The zero-order chi connectivity index (χ0) is 16.8. The highest BCUT2D eigenvalue weighted by atomic mass is 35.5. The van der Waals surface area contributed by atoms with Gasteiger partial charge >= 0.3 is 0 Å². The lowest BCUT2D eigenvalue weighted by atomic mass is 10.2. The quantitative estimate of drug-likeness (QED) is 0.698. The van der Waals surface area contributed by atoms with E-state index in [2.05, 4.69) is 20.9 Å². The number of para-hydroxylation sites is 1. The average molecular weight is 353 g/mol. The standard InChI is InChI=1S/C15H17ClN4O2S/c1-9-4-3-5-11(16)13(9)20-14(22)12-8-19-15(23-12)18-7-6-17-10(2)21/h3-5,8H,6-7H2,1-2H3,(H,17,21)(H,18,19)(H,20,22).